The summed E-state index contributed by atoms with van der Waals surface area (Å²) in [6.45, 7) is 14.7. The molecule has 91 heavy (non-hydrogen) atoms. The zero-order chi connectivity index (χ0) is 64.4. The molecule has 6 N–H and O–H groups in total. The van der Waals surface area contributed by atoms with E-state index in [0.29, 0.717) is 78.9 Å². The van der Waals surface area contributed by atoms with E-state index in [-0.39, 0.29) is 38.2 Å². The molecule has 0 spiro atoms. The van der Waals surface area contributed by atoms with Crippen LogP contribution in [0.1, 0.15) is 178 Å². The minimum Gasteiger partial charge on any atom is -0.497 e. The van der Waals surface area contributed by atoms with Crippen LogP contribution in [0.15, 0.2) is 145 Å². The lowest BCUT2D eigenvalue weighted by atomic mass is 9.46. The van der Waals surface area contributed by atoms with Crippen LogP contribution in [-0.2, 0) is 42.5 Å². The lowest BCUT2D eigenvalue weighted by Crippen LogP contribution is -2.50. The van der Waals surface area contributed by atoms with Crippen LogP contribution in [0, 0.1) is 58.1 Å². The van der Waals surface area contributed by atoms with Crippen LogP contribution < -0.4 is 31.3 Å². The number of anilines is 1. The van der Waals surface area contributed by atoms with Gasteiger partial charge in [0.15, 0.2) is 0 Å². The summed E-state index contributed by atoms with van der Waals surface area (Å²) in [4.78, 5) is 55.1. The maximum atomic E-state index is 14.2. The molecule has 10 unspecified atom stereocenters. The van der Waals surface area contributed by atoms with Crippen molar-refractivity contribution in [2.75, 3.05) is 38.7 Å². The number of aliphatic hydroxyl groups is 1. The number of methoxy groups -OCH3 is 1. The van der Waals surface area contributed by atoms with Gasteiger partial charge in [-0.2, -0.15) is 0 Å². The third-order valence-corrected chi connectivity index (χ3v) is 21.6. The Bertz CT molecular complexity index is 3100. The first-order chi connectivity index (χ1) is 44.0. The van der Waals surface area contributed by atoms with E-state index < -0.39 is 41.2 Å². The lowest BCUT2D eigenvalue weighted by Gasteiger charge is -2.58. The lowest BCUT2D eigenvalue weighted by molar-refractivity contribution is -0.128. The minimum absolute atomic E-state index is 0.0353. The van der Waals surface area contributed by atoms with Gasteiger partial charge in [0.1, 0.15) is 17.6 Å². The molecule has 5 aromatic rings. The molecule has 0 bridgehead atoms. The molecule has 3 fully saturated rings. The fraction of sp³-hybridized carbons (Fsp3) is 0.538. The number of nitrogens with one attached hydrogen (secondary N) is 5. The van der Waals surface area contributed by atoms with E-state index in [1.165, 1.54) is 76.3 Å². The number of fused-ring (bicyclic) bond motifs is 5. The number of ether oxygens (including phenoxy) is 2. The molecule has 13 heteroatoms. The molecule has 4 aliphatic rings. The van der Waals surface area contributed by atoms with Crippen LogP contribution in [0.25, 0.3) is 0 Å². The van der Waals surface area contributed by atoms with Crippen LogP contribution in [-0.4, -0.2) is 74.2 Å². The molecule has 490 valence electrons. The number of carbonyl (C=O) groups excluding carboxylic acids is 4. The maximum Gasteiger partial charge on any atom is 0.246 e. The summed E-state index contributed by atoms with van der Waals surface area (Å²) >= 11 is 0. The Hall–Kier alpha value is -6.67. The fourth-order valence-electron chi connectivity index (χ4n) is 16.7. The first-order valence-electron chi connectivity index (χ1n) is 34.4. The smallest absolute Gasteiger partial charge is 0.246 e. The Morgan fingerprint density at radius 1 is 0.681 bits per heavy atom. The molecule has 9 rings (SSSR count). The molecule has 0 aliphatic heterocycles. The summed E-state index contributed by atoms with van der Waals surface area (Å²) < 4.78 is 25.9. The van der Waals surface area contributed by atoms with Gasteiger partial charge in [-0.15, -0.1) is 0 Å². The third-order valence-electron chi connectivity index (χ3n) is 21.6. The summed E-state index contributed by atoms with van der Waals surface area (Å²) in [7, 11) is 1.65. The van der Waals surface area contributed by atoms with Gasteiger partial charge in [-0.05, 0) is 206 Å². The summed E-state index contributed by atoms with van der Waals surface area (Å²) in [6, 6.07) is 39.7. The van der Waals surface area contributed by atoms with Crippen molar-refractivity contribution < 1.29 is 38.1 Å². The Morgan fingerprint density at radius 3 is 2.04 bits per heavy atom. The van der Waals surface area contributed by atoms with Gasteiger partial charge in [0.25, 0.3) is 0 Å². The quantitative estimate of drug-likeness (QED) is 0.0137. The Balaban J connectivity index is 0.744. The molecule has 0 radical (unpaired) electrons. The first-order valence-corrected chi connectivity index (χ1v) is 34.4. The Morgan fingerprint density at radius 2 is 1.36 bits per heavy atom. The molecule has 0 saturated heterocycles. The average Bonchev–Trinajstić information content (AvgIpc) is 1.70. The molecular weight excluding hydrogens is 1140 g/mol. The molecule has 12 nitrogen and oxygen atoms in total. The zero-order valence-corrected chi connectivity index (χ0v) is 55.2. The van der Waals surface area contributed by atoms with Crippen LogP contribution >= 0.6 is 0 Å². The van der Waals surface area contributed by atoms with E-state index in [2.05, 4.69) is 104 Å². The standard InChI is InChI=1S/C78H104FN5O7/c1-54(2)17-15-18-55(3)68-38-39-69-67-37-30-62-49-58(42-44-76(62,4)70(67)43-45-77(68,69)5)53-91-48-16-46-80-72(86)40-41-73(87)82-65(50-56-24-31-63(79)32-25-56)51-74(88)84-71(75(89)83-64-33-26-57(52-85)27-34-64)23-13-14-47-81-78(59-19-9-7-10-20-59,60-21-11-8-12-22-60)61-28-35-66(90-6)36-29-61/h7-12,19-22,24-36,54-55,58,65,67-71,81,85H,13-18,23,37-53H2,1-6H3,(H,80,86)(H,82,87)(H,83,89)(H,84,88). The van der Waals surface area contributed by atoms with Gasteiger partial charge in [0, 0.05) is 50.8 Å². The molecule has 10 atom stereocenters. The van der Waals surface area contributed by atoms with Crippen LogP contribution in [0.4, 0.5) is 10.1 Å². The predicted molar refractivity (Wildman–Crippen MR) is 361 cm³/mol. The largest absolute Gasteiger partial charge is 0.497 e. The highest BCUT2D eigenvalue weighted by atomic mass is 19.1. The molecular formula is C78H104FN5O7. The monoisotopic (exact) mass is 1240 g/mol. The van der Waals surface area contributed by atoms with Crippen molar-refractivity contribution in [2.45, 2.75) is 181 Å². The number of halogens is 1. The third kappa shape index (κ3) is 17.7. The highest BCUT2D eigenvalue weighted by Crippen LogP contribution is 2.67. The minimum atomic E-state index is -0.950. The highest BCUT2D eigenvalue weighted by Gasteiger charge is 2.59. The number of hydrogen-bond acceptors (Lipinski definition) is 8. The zero-order valence-electron chi connectivity index (χ0n) is 55.2. The number of hydrogen-bond donors (Lipinski definition) is 6. The van der Waals surface area contributed by atoms with Gasteiger partial charge in [-0.1, -0.05) is 163 Å². The number of allylic oxidation sites excluding steroid dienone is 2. The van der Waals surface area contributed by atoms with Gasteiger partial charge in [0.05, 0.1) is 19.3 Å². The molecule has 4 aliphatic carbocycles. The Labute approximate surface area is 542 Å². The highest BCUT2D eigenvalue weighted by molar-refractivity contribution is 5.97. The van der Waals surface area contributed by atoms with Gasteiger partial charge in [-0.3, -0.25) is 24.5 Å². The normalized spacial score (nSPS) is 22.9. The summed E-state index contributed by atoms with van der Waals surface area (Å²) in [5.41, 5.74) is 6.80. The number of carbonyl (C=O) groups is 4. The second-order valence-electron chi connectivity index (χ2n) is 28.1. The fourth-order valence-corrected chi connectivity index (χ4v) is 16.7. The predicted octanol–water partition coefficient (Wildman–Crippen LogP) is 14.6. The van der Waals surface area contributed by atoms with E-state index in [1.807, 2.05) is 48.5 Å². The van der Waals surface area contributed by atoms with Crippen molar-refractivity contribution in [1.29, 1.82) is 0 Å². The summed E-state index contributed by atoms with van der Waals surface area (Å²) in [6.07, 6.45) is 19.3. The van der Waals surface area contributed by atoms with Crippen molar-refractivity contribution >= 4 is 29.3 Å². The van der Waals surface area contributed by atoms with E-state index >= 15 is 0 Å². The second kappa shape index (κ2) is 32.7. The van der Waals surface area contributed by atoms with E-state index in [1.54, 1.807) is 49.1 Å². The van der Waals surface area contributed by atoms with E-state index in [0.717, 1.165) is 71.0 Å². The van der Waals surface area contributed by atoms with Crippen molar-refractivity contribution in [3.05, 3.63) is 179 Å². The maximum absolute atomic E-state index is 14.2. The van der Waals surface area contributed by atoms with E-state index in [4.69, 9.17) is 9.47 Å². The topological polar surface area (TPSA) is 167 Å². The van der Waals surface area contributed by atoms with Gasteiger partial charge < -0.3 is 35.8 Å². The van der Waals surface area contributed by atoms with Gasteiger partial charge in [-0.25, -0.2) is 4.39 Å². The van der Waals surface area contributed by atoms with Crippen LogP contribution in [0.5, 0.6) is 5.75 Å². The van der Waals surface area contributed by atoms with Crippen molar-refractivity contribution in [3.8, 4) is 5.75 Å². The molecule has 0 aromatic heterocycles. The van der Waals surface area contributed by atoms with Crippen molar-refractivity contribution in [3.63, 3.8) is 0 Å². The van der Waals surface area contributed by atoms with Gasteiger partial charge in [0.2, 0.25) is 23.6 Å². The summed E-state index contributed by atoms with van der Waals surface area (Å²) in [5, 5.41) is 25.4. The first kappa shape index (κ1) is 68.7. The number of aliphatic hydroxyl groups excluding tert-OH is 1. The van der Waals surface area contributed by atoms with Crippen LogP contribution in [0.2, 0.25) is 0 Å². The number of rotatable bonds is 33. The molecule has 4 amide bonds. The second-order valence-corrected chi connectivity index (χ2v) is 28.1. The number of unbranched alkanes of at least 4 members (excludes halogenated alkanes) is 1. The van der Waals surface area contributed by atoms with Crippen molar-refractivity contribution in [2.24, 2.45) is 52.3 Å². The number of amides is 4. The molecule has 0 heterocycles. The SMILES string of the molecule is COc1ccc(C(NCCCCC(NC(=O)CC(Cc2ccc(F)cc2)NC(=O)CCC(=O)NCCCOCC2CCC3(C)C(=CCC4C3CCC3(C)C(C(C)CCCC(C)C)CCC43)C2)C(=O)Nc2ccc(CO)cc2)(c2ccccc2)c2ccccc2)cc1. The Kier molecular flexibility index (Phi) is 24.7. The van der Waals surface area contributed by atoms with Crippen LogP contribution in [0.3, 0.4) is 0 Å². The molecule has 3 saturated carbocycles. The van der Waals surface area contributed by atoms with E-state index in [9.17, 15) is 28.7 Å². The summed E-state index contributed by atoms with van der Waals surface area (Å²) in [5.74, 6) is 4.32. The number of benzene rings is 5. The van der Waals surface area contributed by atoms with Gasteiger partial charge >= 0.3 is 0 Å². The van der Waals surface area contributed by atoms with Crippen molar-refractivity contribution in [1.82, 2.24) is 21.3 Å². The molecule has 5 aromatic carbocycles. The average molecular weight is 1240 g/mol.